The maximum atomic E-state index is 11.5. The van der Waals surface area contributed by atoms with E-state index in [2.05, 4.69) is 40.3 Å². The summed E-state index contributed by atoms with van der Waals surface area (Å²) in [5, 5.41) is 3.66. The minimum atomic E-state index is 0.207. The molecule has 2 atom stereocenters. The quantitative estimate of drug-likeness (QED) is 0.909. The van der Waals surface area contributed by atoms with Crippen LogP contribution in [-0.4, -0.2) is 29.9 Å². The van der Waals surface area contributed by atoms with Gasteiger partial charge in [0.2, 0.25) is 5.91 Å². The summed E-state index contributed by atoms with van der Waals surface area (Å²) in [7, 11) is 0. The van der Waals surface area contributed by atoms with Gasteiger partial charge in [0.05, 0.1) is 3.79 Å². The van der Waals surface area contributed by atoms with E-state index in [1.54, 1.807) is 18.3 Å². The highest BCUT2D eigenvalue weighted by Crippen LogP contribution is 2.24. The summed E-state index contributed by atoms with van der Waals surface area (Å²) < 4.78 is 1.18. The number of piperidine rings is 1. The van der Waals surface area contributed by atoms with Crippen LogP contribution in [0.1, 0.15) is 31.6 Å². The largest absolute Gasteiger partial charge is 0.343 e. The van der Waals surface area contributed by atoms with E-state index in [0.717, 1.165) is 32.5 Å². The smallest absolute Gasteiger partial charge is 0.219 e. The summed E-state index contributed by atoms with van der Waals surface area (Å²) in [6.07, 6.45) is 2.18. The molecule has 1 fully saturated rings. The molecule has 0 aliphatic carbocycles. The van der Waals surface area contributed by atoms with E-state index in [4.69, 9.17) is 0 Å². The predicted molar refractivity (Wildman–Crippen MR) is 83.3 cm³/mol. The molecule has 2 rings (SSSR count). The molecule has 0 aromatic carbocycles. The van der Waals surface area contributed by atoms with Gasteiger partial charge in [0.25, 0.3) is 0 Å². The van der Waals surface area contributed by atoms with Crippen molar-refractivity contribution in [2.75, 3.05) is 13.1 Å². The van der Waals surface area contributed by atoms with E-state index >= 15 is 0 Å². The number of thiophene rings is 1. The zero-order chi connectivity index (χ0) is 13.8. The Morgan fingerprint density at radius 1 is 1.58 bits per heavy atom. The number of amides is 1. The highest BCUT2D eigenvalue weighted by atomic mass is 79.9. The van der Waals surface area contributed by atoms with Crippen LogP contribution in [-0.2, 0) is 11.3 Å². The summed E-state index contributed by atoms with van der Waals surface area (Å²) in [6, 6.07) is 4.78. The van der Waals surface area contributed by atoms with Crippen molar-refractivity contribution in [2.45, 2.75) is 39.3 Å². The van der Waals surface area contributed by atoms with Gasteiger partial charge in [-0.15, -0.1) is 11.3 Å². The first kappa shape index (κ1) is 15.0. The first-order valence-corrected chi connectivity index (χ1v) is 8.44. The molecule has 1 saturated heterocycles. The van der Waals surface area contributed by atoms with Gasteiger partial charge in [0.1, 0.15) is 0 Å². The number of rotatable bonds is 4. The first-order valence-electron chi connectivity index (χ1n) is 6.83. The third-order valence-electron chi connectivity index (χ3n) is 3.87. The van der Waals surface area contributed by atoms with Gasteiger partial charge in [0, 0.05) is 37.5 Å². The first-order chi connectivity index (χ1) is 9.10. The Hall–Kier alpha value is -0.390. The van der Waals surface area contributed by atoms with Gasteiger partial charge in [-0.1, -0.05) is 13.3 Å². The Bertz CT molecular complexity index is 435. The molecule has 0 spiro atoms. The van der Waals surface area contributed by atoms with Crippen LogP contribution in [0.2, 0.25) is 0 Å². The van der Waals surface area contributed by atoms with Gasteiger partial charge < -0.3 is 10.2 Å². The molecule has 1 aromatic rings. The average Bonchev–Trinajstić information content (AvgIpc) is 2.81. The average molecular weight is 345 g/mol. The standard InChI is InChI=1S/C14H21BrN2OS/c1-3-11-9-17(10(2)18)7-6-13(11)16-8-12-4-5-14(15)19-12/h4-5,11,13,16H,3,6-9H2,1-2H3/t11-,13+/m1/s1. The van der Waals surface area contributed by atoms with Gasteiger partial charge in [-0.3, -0.25) is 4.79 Å². The van der Waals surface area contributed by atoms with E-state index in [-0.39, 0.29) is 5.91 Å². The molecule has 106 valence electrons. The minimum absolute atomic E-state index is 0.207. The molecular weight excluding hydrogens is 324 g/mol. The van der Waals surface area contributed by atoms with Crippen LogP contribution in [0.25, 0.3) is 0 Å². The van der Waals surface area contributed by atoms with E-state index in [1.807, 2.05) is 4.90 Å². The highest BCUT2D eigenvalue weighted by Gasteiger charge is 2.28. The number of likely N-dealkylation sites (tertiary alicyclic amines) is 1. The SMILES string of the molecule is CC[C@@H]1CN(C(C)=O)CC[C@@H]1NCc1ccc(Br)s1. The van der Waals surface area contributed by atoms with Gasteiger partial charge in [-0.2, -0.15) is 0 Å². The Kier molecular flexibility index (Phi) is 5.42. The number of halogens is 1. The minimum Gasteiger partial charge on any atom is -0.343 e. The Labute approximate surface area is 127 Å². The van der Waals surface area contributed by atoms with Crippen LogP contribution in [0, 0.1) is 5.92 Å². The monoisotopic (exact) mass is 344 g/mol. The van der Waals surface area contributed by atoms with Crippen LogP contribution in [0.15, 0.2) is 15.9 Å². The van der Waals surface area contributed by atoms with Crippen molar-refractivity contribution >= 4 is 33.2 Å². The number of carbonyl (C=O) groups is 1. The molecule has 1 aliphatic heterocycles. The number of hydrogen-bond acceptors (Lipinski definition) is 3. The van der Waals surface area contributed by atoms with Crippen molar-refractivity contribution in [1.29, 1.82) is 0 Å². The molecule has 0 unspecified atom stereocenters. The van der Waals surface area contributed by atoms with Crippen LogP contribution in [0.3, 0.4) is 0 Å². The summed E-state index contributed by atoms with van der Waals surface area (Å²) in [6.45, 7) is 6.60. The van der Waals surface area contributed by atoms with Crippen LogP contribution in [0.4, 0.5) is 0 Å². The molecule has 0 saturated carbocycles. The van der Waals surface area contributed by atoms with Crippen molar-refractivity contribution in [3.8, 4) is 0 Å². The van der Waals surface area contributed by atoms with Crippen LogP contribution < -0.4 is 5.32 Å². The van der Waals surface area contributed by atoms with Gasteiger partial charge in [-0.05, 0) is 40.4 Å². The Balaban J connectivity index is 1.87. The number of carbonyl (C=O) groups excluding carboxylic acids is 1. The summed E-state index contributed by atoms with van der Waals surface area (Å²) in [4.78, 5) is 14.8. The Morgan fingerprint density at radius 2 is 2.37 bits per heavy atom. The van der Waals surface area contributed by atoms with Crippen molar-refractivity contribution < 1.29 is 4.79 Å². The lowest BCUT2D eigenvalue weighted by atomic mass is 9.90. The molecule has 0 bridgehead atoms. The molecule has 1 aromatic heterocycles. The normalized spacial score (nSPS) is 23.6. The zero-order valence-electron chi connectivity index (χ0n) is 11.5. The summed E-state index contributed by atoms with van der Waals surface area (Å²) in [5.41, 5.74) is 0. The van der Waals surface area contributed by atoms with Gasteiger partial charge in [-0.25, -0.2) is 0 Å². The molecule has 3 nitrogen and oxygen atoms in total. The topological polar surface area (TPSA) is 32.3 Å². The fourth-order valence-corrected chi connectivity index (χ4v) is 4.11. The molecule has 19 heavy (non-hydrogen) atoms. The lowest BCUT2D eigenvalue weighted by molar-refractivity contribution is -0.131. The van der Waals surface area contributed by atoms with Crippen LogP contribution >= 0.6 is 27.3 Å². The maximum absolute atomic E-state index is 11.5. The van der Waals surface area contributed by atoms with Gasteiger partial charge >= 0.3 is 0 Å². The number of nitrogens with zero attached hydrogens (tertiary/aromatic N) is 1. The molecule has 1 aliphatic rings. The summed E-state index contributed by atoms with van der Waals surface area (Å²) in [5.74, 6) is 0.778. The second kappa shape index (κ2) is 6.86. The van der Waals surface area contributed by atoms with E-state index < -0.39 is 0 Å². The second-order valence-corrected chi connectivity index (χ2v) is 7.66. The second-order valence-electron chi connectivity index (χ2n) is 5.12. The molecule has 2 heterocycles. The van der Waals surface area contributed by atoms with Crippen molar-refractivity contribution in [1.82, 2.24) is 10.2 Å². The lowest BCUT2D eigenvalue weighted by Gasteiger charge is -2.38. The third kappa shape index (κ3) is 4.04. The molecule has 5 heteroatoms. The van der Waals surface area contributed by atoms with Crippen molar-refractivity contribution in [3.63, 3.8) is 0 Å². The predicted octanol–water partition coefficient (Wildman–Crippen LogP) is 3.25. The van der Waals surface area contributed by atoms with E-state index in [1.165, 1.54) is 8.66 Å². The van der Waals surface area contributed by atoms with Crippen LogP contribution in [0.5, 0.6) is 0 Å². The van der Waals surface area contributed by atoms with Gasteiger partial charge in [0.15, 0.2) is 0 Å². The molecule has 1 N–H and O–H groups in total. The zero-order valence-corrected chi connectivity index (χ0v) is 13.9. The summed E-state index contributed by atoms with van der Waals surface area (Å²) >= 11 is 5.27. The van der Waals surface area contributed by atoms with E-state index in [9.17, 15) is 4.79 Å². The van der Waals surface area contributed by atoms with Crippen molar-refractivity contribution in [3.05, 3.63) is 20.8 Å². The van der Waals surface area contributed by atoms with Crippen molar-refractivity contribution in [2.24, 2.45) is 5.92 Å². The lowest BCUT2D eigenvalue weighted by Crippen LogP contribution is -2.50. The third-order valence-corrected chi connectivity index (χ3v) is 5.49. The number of nitrogens with one attached hydrogen (secondary N) is 1. The molecule has 1 amide bonds. The highest BCUT2D eigenvalue weighted by molar-refractivity contribution is 9.11. The fourth-order valence-electron chi connectivity index (χ4n) is 2.68. The molecular formula is C14H21BrN2OS. The number of hydrogen-bond donors (Lipinski definition) is 1. The molecule has 0 radical (unpaired) electrons. The maximum Gasteiger partial charge on any atom is 0.219 e. The Morgan fingerprint density at radius 3 is 2.95 bits per heavy atom. The van der Waals surface area contributed by atoms with E-state index in [0.29, 0.717) is 12.0 Å². The fraction of sp³-hybridized carbons (Fsp3) is 0.643.